The van der Waals surface area contributed by atoms with Crippen LogP contribution >= 0.6 is 0 Å². The molecule has 0 aromatic heterocycles. The molecule has 1 aliphatic carbocycles. The quantitative estimate of drug-likeness (QED) is 0.750. The van der Waals surface area contributed by atoms with Crippen LogP contribution in [0.4, 0.5) is 0 Å². The second-order valence-corrected chi connectivity index (χ2v) is 5.62. The highest BCUT2D eigenvalue weighted by atomic mass is 16.5. The summed E-state index contributed by atoms with van der Waals surface area (Å²) in [6.07, 6.45) is 9.87. The van der Waals surface area contributed by atoms with Crippen LogP contribution in [0.2, 0.25) is 0 Å². The van der Waals surface area contributed by atoms with E-state index in [-0.39, 0.29) is 5.97 Å². The standard InChI is InChI=1S/C17H24O2/c1-19-17(18)13-16-9-5-8-15(12-16)11-10-14-6-3-2-4-7-14/h5,8-9,12,14H,2-4,6-7,10-11,13H2,1H3. The Morgan fingerprint density at radius 2 is 1.95 bits per heavy atom. The van der Waals surface area contributed by atoms with Gasteiger partial charge in [0, 0.05) is 0 Å². The number of carbonyl (C=O) groups is 1. The number of hydrogen-bond donors (Lipinski definition) is 0. The van der Waals surface area contributed by atoms with Gasteiger partial charge in [-0.3, -0.25) is 4.79 Å². The first kappa shape index (κ1) is 14.1. The van der Waals surface area contributed by atoms with Crippen LogP contribution in [0, 0.1) is 5.92 Å². The molecule has 0 spiro atoms. The van der Waals surface area contributed by atoms with Crippen molar-refractivity contribution in [1.82, 2.24) is 0 Å². The fraction of sp³-hybridized carbons (Fsp3) is 0.588. The molecule has 2 nitrogen and oxygen atoms in total. The molecule has 0 bridgehead atoms. The summed E-state index contributed by atoms with van der Waals surface area (Å²) in [7, 11) is 1.44. The van der Waals surface area contributed by atoms with Crippen molar-refractivity contribution in [2.45, 2.75) is 51.4 Å². The molecule has 0 radical (unpaired) electrons. The SMILES string of the molecule is COC(=O)Cc1cccc(CCC2CCCCC2)c1. The summed E-state index contributed by atoms with van der Waals surface area (Å²) in [5.74, 6) is 0.752. The molecule has 0 saturated heterocycles. The third-order valence-electron chi connectivity index (χ3n) is 4.13. The molecule has 1 saturated carbocycles. The number of hydrogen-bond acceptors (Lipinski definition) is 2. The lowest BCUT2D eigenvalue weighted by atomic mass is 9.85. The zero-order valence-corrected chi connectivity index (χ0v) is 11.9. The highest BCUT2D eigenvalue weighted by molar-refractivity contribution is 5.72. The van der Waals surface area contributed by atoms with E-state index in [0.29, 0.717) is 6.42 Å². The van der Waals surface area contributed by atoms with E-state index in [1.807, 2.05) is 6.07 Å². The monoisotopic (exact) mass is 260 g/mol. The van der Waals surface area contributed by atoms with E-state index >= 15 is 0 Å². The zero-order valence-electron chi connectivity index (χ0n) is 11.9. The number of carbonyl (C=O) groups excluding carboxylic acids is 1. The molecule has 1 aromatic carbocycles. The number of benzene rings is 1. The maximum atomic E-state index is 11.3. The molecular formula is C17H24O2. The van der Waals surface area contributed by atoms with Crippen molar-refractivity contribution in [2.75, 3.05) is 7.11 Å². The number of methoxy groups -OCH3 is 1. The average Bonchev–Trinajstić information content (AvgIpc) is 2.46. The summed E-state index contributed by atoms with van der Waals surface area (Å²) < 4.78 is 4.71. The first-order valence-corrected chi connectivity index (χ1v) is 7.42. The Kier molecular flexibility index (Phi) is 5.44. The molecule has 2 heteroatoms. The fourth-order valence-electron chi connectivity index (χ4n) is 2.98. The Labute approximate surface area is 116 Å². The maximum absolute atomic E-state index is 11.3. The molecule has 2 rings (SSSR count). The summed E-state index contributed by atoms with van der Waals surface area (Å²) in [6, 6.07) is 8.37. The van der Waals surface area contributed by atoms with Crippen LogP contribution < -0.4 is 0 Å². The van der Waals surface area contributed by atoms with Gasteiger partial charge in [-0.2, -0.15) is 0 Å². The van der Waals surface area contributed by atoms with Gasteiger partial charge in [0.05, 0.1) is 13.5 Å². The molecular weight excluding hydrogens is 236 g/mol. The minimum Gasteiger partial charge on any atom is -0.469 e. The van der Waals surface area contributed by atoms with Crippen molar-refractivity contribution in [1.29, 1.82) is 0 Å². The van der Waals surface area contributed by atoms with Crippen LogP contribution in [0.15, 0.2) is 24.3 Å². The minimum atomic E-state index is -0.163. The van der Waals surface area contributed by atoms with Gasteiger partial charge in [0.2, 0.25) is 0 Å². The molecule has 0 N–H and O–H groups in total. The molecule has 0 amide bonds. The van der Waals surface area contributed by atoms with Crippen LogP contribution in [-0.2, 0) is 22.4 Å². The van der Waals surface area contributed by atoms with E-state index in [9.17, 15) is 4.79 Å². The zero-order chi connectivity index (χ0) is 13.5. The van der Waals surface area contributed by atoms with Gasteiger partial charge in [0.1, 0.15) is 0 Å². The van der Waals surface area contributed by atoms with Crippen molar-refractivity contribution in [3.8, 4) is 0 Å². The molecule has 1 aromatic rings. The lowest BCUT2D eigenvalue weighted by Crippen LogP contribution is -2.08. The van der Waals surface area contributed by atoms with Gasteiger partial charge in [-0.15, -0.1) is 0 Å². The molecule has 1 fully saturated rings. The summed E-state index contributed by atoms with van der Waals surface area (Å²) >= 11 is 0. The normalized spacial score (nSPS) is 16.3. The summed E-state index contributed by atoms with van der Waals surface area (Å²) in [6.45, 7) is 0. The Balaban J connectivity index is 1.85. The fourth-order valence-corrected chi connectivity index (χ4v) is 2.98. The number of aryl methyl sites for hydroxylation is 1. The van der Waals surface area contributed by atoms with E-state index < -0.39 is 0 Å². The van der Waals surface area contributed by atoms with Crippen LogP contribution in [0.1, 0.15) is 49.7 Å². The molecule has 1 aliphatic rings. The van der Waals surface area contributed by atoms with Crippen molar-refractivity contribution in [3.63, 3.8) is 0 Å². The number of rotatable bonds is 5. The summed E-state index contributed by atoms with van der Waals surface area (Å²) in [4.78, 5) is 11.3. The molecule has 0 unspecified atom stereocenters. The van der Waals surface area contributed by atoms with Gasteiger partial charge in [-0.1, -0.05) is 56.4 Å². The smallest absolute Gasteiger partial charge is 0.309 e. The van der Waals surface area contributed by atoms with E-state index in [1.54, 1.807) is 0 Å². The number of esters is 1. The van der Waals surface area contributed by atoms with Gasteiger partial charge in [-0.25, -0.2) is 0 Å². The van der Waals surface area contributed by atoms with Crippen LogP contribution in [0.3, 0.4) is 0 Å². The minimum absolute atomic E-state index is 0.163. The van der Waals surface area contributed by atoms with Gasteiger partial charge in [-0.05, 0) is 29.9 Å². The van der Waals surface area contributed by atoms with E-state index in [2.05, 4.69) is 18.2 Å². The van der Waals surface area contributed by atoms with E-state index in [4.69, 9.17) is 4.74 Å². The molecule has 0 aliphatic heterocycles. The third kappa shape index (κ3) is 4.70. The van der Waals surface area contributed by atoms with Gasteiger partial charge in [0.15, 0.2) is 0 Å². The predicted octanol–water partition coefficient (Wildman–Crippen LogP) is 3.92. The number of ether oxygens (including phenoxy) is 1. The Bertz CT molecular complexity index is 405. The Hall–Kier alpha value is -1.31. The van der Waals surface area contributed by atoms with Gasteiger partial charge < -0.3 is 4.74 Å². The second-order valence-electron chi connectivity index (χ2n) is 5.62. The highest BCUT2D eigenvalue weighted by Gasteiger charge is 2.13. The van der Waals surface area contributed by atoms with Crippen molar-refractivity contribution in [2.24, 2.45) is 5.92 Å². The molecule has 0 heterocycles. The van der Waals surface area contributed by atoms with Crippen LogP contribution in [0.5, 0.6) is 0 Å². The van der Waals surface area contributed by atoms with Crippen LogP contribution in [0.25, 0.3) is 0 Å². The Morgan fingerprint density at radius 1 is 1.21 bits per heavy atom. The van der Waals surface area contributed by atoms with Crippen molar-refractivity contribution in [3.05, 3.63) is 35.4 Å². The first-order chi connectivity index (χ1) is 9.28. The van der Waals surface area contributed by atoms with Gasteiger partial charge in [0.25, 0.3) is 0 Å². The molecule has 19 heavy (non-hydrogen) atoms. The Morgan fingerprint density at radius 3 is 2.68 bits per heavy atom. The lowest BCUT2D eigenvalue weighted by molar-refractivity contribution is -0.139. The van der Waals surface area contributed by atoms with Crippen molar-refractivity contribution >= 4 is 5.97 Å². The van der Waals surface area contributed by atoms with Gasteiger partial charge >= 0.3 is 5.97 Å². The average molecular weight is 260 g/mol. The topological polar surface area (TPSA) is 26.3 Å². The lowest BCUT2D eigenvalue weighted by Gasteiger charge is -2.21. The van der Waals surface area contributed by atoms with E-state index in [1.165, 1.54) is 51.2 Å². The maximum Gasteiger partial charge on any atom is 0.309 e. The largest absolute Gasteiger partial charge is 0.469 e. The predicted molar refractivity (Wildman–Crippen MR) is 77.1 cm³/mol. The second kappa shape index (κ2) is 7.32. The molecule has 0 atom stereocenters. The van der Waals surface area contributed by atoms with Crippen molar-refractivity contribution < 1.29 is 9.53 Å². The molecule has 104 valence electrons. The highest BCUT2D eigenvalue weighted by Crippen LogP contribution is 2.27. The summed E-state index contributed by atoms with van der Waals surface area (Å²) in [5, 5.41) is 0. The van der Waals surface area contributed by atoms with Crippen LogP contribution in [-0.4, -0.2) is 13.1 Å². The first-order valence-electron chi connectivity index (χ1n) is 7.42. The summed E-state index contributed by atoms with van der Waals surface area (Å²) in [5.41, 5.74) is 2.42. The third-order valence-corrected chi connectivity index (χ3v) is 4.13. The van der Waals surface area contributed by atoms with E-state index in [0.717, 1.165) is 17.9 Å².